The van der Waals surface area contributed by atoms with Crippen LogP contribution in [0.25, 0.3) is 10.9 Å². The highest BCUT2D eigenvalue weighted by Crippen LogP contribution is 2.21. The zero-order chi connectivity index (χ0) is 9.97. The van der Waals surface area contributed by atoms with Crippen LogP contribution in [0.1, 0.15) is 24.5 Å². The second-order valence-corrected chi connectivity index (χ2v) is 3.23. The summed E-state index contributed by atoms with van der Waals surface area (Å²) in [6, 6.07) is 7.85. The lowest BCUT2D eigenvalue weighted by molar-refractivity contribution is 1.13. The average molecular weight is 183 g/mol. The molecule has 0 unspecified atom stereocenters. The smallest absolute Gasteiger partial charge is 0.0991 e. The van der Waals surface area contributed by atoms with Crippen molar-refractivity contribution >= 4 is 10.9 Å². The van der Waals surface area contributed by atoms with Crippen LogP contribution in [0.4, 0.5) is 0 Å². The van der Waals surface area contributed by atoms with Crippen molar-refractivity contribution in [3.63, 3.8) is 0 Å². The van der Waals surface area contributed by atoms with E-state index in [1.165, 1.54) is 5.56 Å². The van der Waals surface area contributed by atoms with Crippen molar-refractivity contribution < 1.29 is 0 Å². The molecule has 0 aliphatic rings. The van der Waals surface area contributed by atoms with Gasteiger partial charge in [-0.1, -0.05) is 6.92 Å². The number of fused-ring (bicyclic) bond motifs is 1. The second kappa shape index (κ2) is 3.55. The topological polar surface area (TPSA) is 39.6 Å². The van der Waals surface area contributed by atoms with Gasteiger partial charge in [-0.25, -0.2) is 0 Å². The molecule has 0 aliphatic carbocycles. The molecule has 0 amide bonds. The van der Waals surface area contributed by atoms with Gasteiger partial charge in [0.2, 0.25) is 0 Å². The first kappa shape index (κ1) is 8.83. The van der Waals surface area contributed by atoms with Crippen LogP contribution in [0.15, 0.2) is 24.4 Å². The third kappa shape index (κ3) is 1.38. The molecule has 0 saturated carbocycles. The number of rotatable bonds is 2. The quantitative estimate of drug-likeness (QED) is 0.763. The summed E-state index contributed by atoms with van der Waals surface area (Å²) < 4.78 is 0. The van der Waals surface area contributed by atoms with Crippen LogP contribution in [-0.4, -0.2) is 4.98 Å². The van der Waals surface area contributed by atoms with Gasteiger partial charge in [-0.2, -0.15) is 5.26 Å². The van der Waals surface area contributed by atoms with Gasteiger partial charge in [-0.05, 0) is 36.6 Å². The molecular formula is C12H11N2. The lowest BCUT2D eigenvalue weighted by Gasteiger charge is -1.95. The van der Waals surface area contributed by atoms with Crippen LogP contribution >= 0.6 is 0 Å². The Morgan fingerprint density at radius 3 is 3.07 bits per heavy atom. The van der Waals surface area contributed by atoms with Crippen molar-refractivity contribution in [2.75, 3.05) is 0 Å². The van der Waals surface area contributed by atoms with Crippen LogP contribution in [0.3, 0.4) is 0 Å². The first-order valence-electron chi connectivity index (χ1n) is 4.69. The molecule has 69 valence electrons. The fraction of sp³-hybridized carbons (Fsp3) is 0.167. The molecular weight excluding hydrogens is 172 g/mol. The first-order valence-corrected chi connectivity index (χ1v) is 4.69. The fourth-order valence-electron chi connectivity index (χ4n) is 1.60. The average Bonchev–Trinajstić information content (AvgIpc) is 2.61. The number of aromatic amines is 1. The maximum Gasteiger partial charge on any atom is 0.0991 e. The van der Waals surface area contributed by atoms with E-state index in [-0.39, 0.29) is 0 Å². The Labute approximate surface area is 83.2 Å². The van der Waals surface area contributed by atoms with Gasteiger partial charge in [-0.3, -0.25) is 0 Å². The molecule has 1 aromatic carbocycles. The van der Waals surface area contributed by atoms with E-state index in [0.717, 1.165) is 17.3 Å². The lowest BCUT2D eigenvalue weighted by atomic mass is 10.1. The molecule has 1 N–H and O–H groups in total. The highest BCUT2D eigenvalue weighted by atomic mass is 14.7. The molecule has 0 aliphatic heterocycles. The van der Waals surface area contributed by atoms with Crippen molar-refractivity contribution in [1.29, 1.82) is 5.26 Å². The van der Waals surface area contributed by atoms with Gasteiger partial charge in [0.25, 0.3) is 0 Å². The largest absolute Gasteiger partial charge is 0.361 e. The summed E-state index contributed by atoms with van der Waals surface area (Å²) in [5.74, 6) is 0. The number of H-pyrrole nitrogens is 1. The van der Waals surface area contributed by atoms with E-state index in [2.05, 4.69) is 24.4 Å². The van der Waals surface area contributed by atoms with Crippen molar-refractivity contribution in [2.24, 2.45) is 0 Å². The molecule has 1 aromatic heterocycles. The summed E-state index contributed by atoms with van der Waals surface area (Å²) in [5, 5.41) is 9.92. The summed E-state index contributed by atoms with van der Waals surface area (Å²) in [7, 11) is 0. The molecule has 2 rings (SSSR count). The predicted molar refractivity (Wildman–Crippen MR) is 56.7 cm³/mol. The van der Waals surface area contributed by atoms with E-state index in [1.54, 1.807) is 0 Å². The molecule has 0 bridgehead atoms. The van der Waals surface area contributed by atoms with E-state index >= 15 is 0 Å². The molecule has 14 heavy (non-hydrogen) atoms. The number of benzene rings is 1. The van der Waals surface area contributed by atoms with Crippen LogP contribution in [-0.2, 0) is 0 Å². The van der Waals surface area contributed by atoms with E-state index in [4.69, 9.17) is 5.26 Å². The molecule has 2 nitrogen and oxygen atoms in total. The number of aromatic nitrogens is 1. The monoisotopic (exact) mass is 183 g/mol. The summed E-state index contributed by atoms with van der Waals surface area (Å²) in [6.07, 6.45) is 5.14. The number of nitrogens with one attached hydrogen (secondary N) is 1. The summed E-state index contributed by atoms with van der Waals surface area (Å²) in [4.78, 5) is 3.18. The molecule has 0 atom stereocenters. The highest BCUT2D eigenvalue weighted by Gasteiger charge is 2.03. The van der Waals surface area contributed by atoms with Gasteiger partial charge in [0.15, 0.2) is 0 Å². The van der Waals surface area contributed by atoms with Crippen molar-refractivity contribution in [2.45, 2.75) is 13.3 Å². The Hall–Kier alpha value is -1.75. The van der Waals surface area contributed by atoms with Crippen LogP contribution in [0.2, 0.25) is 0 Å². The van der Waals surface area contributed by atoms with Gasteiger partial charge in [0, 0.05) is 17.1 Å². The Morgan fingerprint density at radius 1 is 1.50 bits per heavy atom. The normalized spacial score (nSPS) is 10.3. The minimum absolute atomic E-state index is 0.711. The first-order chi connectivity index (χ1) is 6.85. The van der Waals surface area contributed by atoms with Gasteiger partial charge >= 0.3 is 0 Å². The second-order valence-electron chi connectivity index (χ2n) is 3.23. The van der Waals surface area contributed by atoms with E-state index in [1.807, 2.05) is 24.4 Å². The van der Waals surface area contributed by atoms with Gasteiger partial charge in [-0.15, -0.1) is 0 Å². The highest BCUT2D eigenvalue weighted by molar-refractivity contribution is 5.85. The van der Waals surface area contributed by atoms with Crippen molar-refractivity contribution in [1.82, 2.24) is 4.98 Å². The zero-order valence-electron chi connectivity index (χ0n) is 8.04. The van der Waals surface area contributed by atoms with Gasteiger partial charge in [0.05, 0.1) is 11.6 Å². The minimum Gasteiger partial charge on any atom is -0.361 e. The Kier molecular flexibility index (Phi) is 2.24. The van der Waals surface area contributed by atoms with E-state index in [9.17, 15) is 0 Å². The minimum atomic E-state index is 0.711. The summed E-state index contributed by atoms with van der Waals surface area (Å²) in [6.45, 7) is 2.10. The van der Waals surface area contributed by atoms with E-state index < -0.39 is 0 Å². The number of hydrogen-bond donors (Lipinski definition) is 1. The molecule has 2 heteroatoms. The van der Waals surface area contributed by atoms with Crippen molar-refractivity contribution in [3.8, 4) is 6.07 Å². The Balaban J connectivity index is 2.59. The number of hydrogen-bond acceptors (Lipinski definition) is 1. The van der Waals surface area contributed by atoms with Gasteiger partial charge in [0.1, 0.15) is 0 Å². The van der Waals surface area contributed by atoms with Gasteiger partial charge < -0.3 is 4.98 Å². The van der Waals surface area contributed by atoms with Crippen molar-refractivity contribution in [3.05, 3.63) is 41.9 Å². The van der Waals surface area contributed by atoms with Crippen LogP contribution in [0.5, 0.6) is 0 Å². The SMILES string of the molecule is CC[CH]c1c[nH]c2ccc(C#N)cc12. The Morgan fingerprint density at radius 2 is 2.36 bits per heavy atom. The van der Waals surface area contributed by atoms with Crippen LogP contribution < -0.4 is 0 Å². The zero-order valence-corrected chi connectivity index (χ0v) is 8.04. The predicted octanol–water partition coefficient (Wildman–Crippen LogP) is 3.00. The lowest BCUT2D eigenvalue weighted by Crippen LogP contribution is -1.78. The molecule has 1 heterocycles. The molecule has 0 spiro atoms. The molecule has 0 saturated heterocycles. The summed E-state index contributed by atoms with van der Waals surface area (Å²) >= 11 is 0. The van der Waals surface area contributed by atoms with E-state index in [0.29, 0.717) is 5.56 Å². The molecule has 0 fully saturated rings. The fourth-order valence-corrected chi connectivity index (χ4v) is 1.60. The third-order valence-electron chi connectivity index (χ3n) is 2.27. The number of nitrogens with zero attached hydrogens (tertiary/aromatic N) is 1. The third-order valence-corrected chi connectivity index (χ3v) is 2.27. The maximum atomic E-state index is 8.78. The molecule has 2 aromatic rings. The summed E-state index contributed by atoms with van der Waals surface area (Å²) in [5.41, 5.74) is 2.98. The Bertz CT molecular complexity index is 488. The standard InChI is InChI=1S/C12H11N2/c1-2-3-10-8-14-12-5-4-9(7-13)6-11(10)12/h3-6,8,14H,2H2,1H3. The molecule has 1 radical (unpaired) electrons. The number of nitriles is 1. The maximum absolute atomic E-state index is 8.78. The van der Waals surface area contributed by atoms with Crippen LogP contribution in [0, 0.1) is 17.8 Å².